The quantitative estimate of drug-likeness (QED) is 0.893. The summed E-state index contributed by atoms with van der Waals surface area (Å²) in [5.41, 5.74) is 1.72. The molecule has 1 aromatic rings. The van der Waals surface area contributed by atoms with Crippen molar-refractivity contribution in [3.63, 3.8) is 0 Å². The van der Waals surface area contributed by atoms with Gasteiger partial charge < -0.3 is 0 Å². The van der Waals surface area contributed by atoms with Crippen LogP contribution in [0.2, 0.25) is 0 Å². The van der Waals surface area contributed by atoms with E-state index in [9.17, 15) is 8.42 Å². The zero-order valence-electron chi connectivity index (χ0n) is 10.0. The third-order valence-corrected chi connectivity index (χ3v) is 4.56. The second-order valence-electron chi connectivity index (χ2n) is 4.22. The molecule has 0 spiro atoms. The predicted octanol–water partition coefficient (Wildman–Crippen LogP) is 2.00. The van der Waals surface area contributed by atoms with Crippen molar-refractivity contribution in [3.8, 4) is 0 Å². The van der Waals surface area contributed by atoms with Crippen LogP contribution in [0, 0.1) is 0 Å². The van der Waals surface area contributed by atoms with Crippen LogP contribution in [0.15, 0.2) is 24.3 Å². The maximum atomic E-state index is 12.1. The third kappa shape index (κ3) is 2.79. The summed E-state index contributed by atoms with van der Waals surface area (Å²) in [7, 11) is -3.36. The zero-order valence-corrected chi connectivity index (χ0v) is 10.8. The van der Waals surface area contributed by atoms with Crippen molar-refractivity contribution in [1.82, 2.24) is 4.31 Å². The van der Waals surface area contributed by atoms with E-state index in [0.29, 0.717) is 18.8 Å². The first-order chi connectivity index (χ1) is 8.13. The van der Waals surface area contributed by atoms with E-state index in [2.05, 4.69) is 4.72 Å². The first-order valence-corrected chi connectivity index (χ1v) is 7.43. The molecular weight excluding hydrogens is 236 g/mol. The van der Waals surface area contributed by atoms with E-state index in [1.54, 1.807) is 0 Å². The molecule has 17 heavy (non-hydrogen) atoms. The molecule has 0 amide bonds. The van der Waals surface area contributed by atoms with Gasteiger partial charge in [-0.1, -0.05) is 25.1 Å². The Morgan fingerprint density at radius 1 is 1.24 bits per heavy atom. The zero-order chi connectivity index (χ0) is 12.3. The Labute approximate surface area is 103 Å². The molecule has 0 bridgehead atoms. The molecule has 0 atom stereocenters. The van der Waals surface area contributed by atoms with Gasteiger partial charge in [0.1, 0.15) is 0 Å². The third-order valence-electron chi connectivity index (χ3n) is 3.04. The van der Waals surface area contributed by atoms with Gasteiger partial charge >= 0.3 is 10.2 Å². The number of anilines is 1. The summed E-state index contributed by atoms with van der Waals surface area (Å²) in [6.07, 6.45) is 2.73. The van der Waals surface area contributed by atoms with Gasteiger partial charge in [-0.05, 0) is 30.9 Å². The normalized spacial score (nSPS) is 17.2. The fourth-order valence-corrected chi connectivity index (χ4v) is 3.41. The van der Waals surface area contributed by atoms with Gasteiger partial charge in [0.15, 0.2) is 0 Å². The van der Waals surface area contributed by atoms with Gasteiger partial charge in [-0.3, -0.25) is 4.72 Å². The van der Waals surface area contributed by atoms with Crippen LogP contribution in [0.25, 0.3) is 0 Å². The summed E-state index contributed by atoms with van der Waals surface area (Å²) in [6, 6.07) is 7.53. The molecular formula is C12H18N2O2S. The first-order valence-electron chi connectivity index (χ1n) is 5.99. The van der Waals surface area contributed by atoms with Crippen LogP contribution in [0.5, 0.6) is 0 Å². The lowest BCUT2D eigenvalue weighted by Gasteiger charge is -2.18. The van der Waals surface area contributed by atoms with E-state index in [4.69, 9.17) is 0 Å². The largest absolute Gasteiger partial charge is 0.301 e. The van der Waals surface area contributed by atoms with E-state index in [1.165, 1.54) is 4.31 Å². The molecule has 1 N–H and O–H groups in total. The highest BCUT2D eigenvalue weighted by atomic mass is 32.2. The fourth-order valence-electron chi connectivity index (χ4n) is 2.06. The molecule has 1 aliphatic heterocycles. The summed E-state index contributed by atoms with van der Waals surface area (Å²) in [5.74, 6) is 0. The van der Waals surface area contributed by atoms with Crippen LogP contribution in [0.1, 0.15) is 25.3 Å². The van der Waals surface area contributed by atoms with Crippen molar-refractivity contribution in [2.45, 2.75) is 26.2 Å². The topological polar surface area (TPSA) is 49.4 Å². The van der Waals surface area contributed by atoms with E-state index in [0.717, 1.165) is 24.8 Å². The van der Waals surface area contributed by atoms with Crippen LogP contribution >= 0.6 is 0 Å². The predicted molar refractivity (Wildman–Crippen MR) is 69.2 cm³/mol. The minimum atomic E-state index is -3.36. The Morgan fingerprint density at radius 3 is 2.53 bits per heavy atom. The molecule has 0 saturated carbocycles. The Morgan fingerprint density at radius 2 is 1.88 bits per heavy atom. The maximum absolute atomic E-state index is 12.1. The fraction of sp³-hybridized carbons (Fsp3) is 0.500. The molecule has 2 rings (SSSR count). The molecule has 1 heterocycles. The highest BCUT2D eigenvalue weighted by Crippen LogP contribution is 2.20. The van der Waals surface area contributed by atoms with E-state index in [-0.39, 0.29) is 0 Å². The SMILES string of the molecule is CCc1ccccc1NS(=O)(=O)N1CCCC1. The Kier molecular flexibility index (Phi) is 3.69. The number of hydrogen-bond acceptors (Lipinski definition) is 2. The number of nitrogens with one attached hydrogen (secondary N) is 1. The molecule has 0 aromatic heterocycles. The monoisotopic (exact) mass is 254 g/mol. The molecule has 1 fully saturated rings. The van der Waals surface area contributed by atoms with E-state index in [1.807, 2.05) is 31.2 Å². The van der Waals surface area contributed by atoms with Crippen LogP contribution < -0.4 is 4.72 Å². The molecule has 0 aliphatic carbocycles. The molecule has 0 radical (unpaired) electrons. The van der Waals surface area contributed by atoms with E-state index >= 15 is 0 Å². The van der Waals surface area contributed by atoms with Gasteiger partial charge in [0.05, 0.1) is 5.69 Å². The summed E-state index contributed by atoms with van der Waals surface area (Å²) in [6.45, 7) is 3.27. The summed E-state index contributed by atoms with van der Waals surface area (Å²) in [4.78, 5) is 0. The van der Waals surface area contributed by atoms with Gasteiger partial charge in [0, 0.05) is 13.1 Å². The standard InChI is InChI=1S/C12H18N2O2S/c1-2-11-7-3-4-8-12(11)13-17(15,16)14-9-5-6-10-14/h3-4,7-8,13H,2,5-6,9-10H2,1H3. The van der Waals surface area contributed by atoms with Crippen LogP contribution in [-0.4, -0.2) is 25.8 Å². The molecule has 0 unspecified atom stereocenters. The van der Waals surface area contributed by atoms with Crippen LogP contribution in [-0.2, 0) is 16.6 Å². The van der Waals surface area contributed by atoms with Crippen molar-refractivity contribution < 1.29 is 8.42 Å². The molecule has 5 heteroatoms. The van der Waals surface area contributed by atoms with Gasteiger partial charge in [0.25, 0.3) is 0 Å². The van der Waals surface area contributed by atoms with Crippen molar-refractivity contribution in [3.05, 3.63) is 29.8 Å². The molecule has 1 aromatic carbocycles. The molecule has 1 aliphatic rings. The minimum absolute atomic E-state index is 0.629. The first kappa shape index (κ1) is 12.4. The highest BCUT2D eigenvalue weighted by Gasteiger charge is 2.25. The van der Waals surface area contributed by atoms with Crippen molar-refractivity contribution in [2.75, 3.05) is 17.8 Å². The number of aryl methyl sites for hydroxylation is 1. The van der Waals surface area contributed by atoms with Crippen molar-refractivity contribution >= 4 is 15.9 Å². The summed E-state index contributed by atoms with van der Waals surface area (Å²) < 4.78 is 28.4. The van der Waals surface area contributed by atoms with Gasteiger partial charge in [-0.25, -0.2) is 0 Å². The second-order valence-corrected chi connectivity index (χ2v) is 5.89. The average molecular weight is 254 g/mol. The van der Waals surface area contributed by atoms with Crippen LogP contribution in [0.4, 0.5) is 5.69 Å². The van der Waals surface area contributed by atoms with Crippen molar-refractivity contribution in [1.29, 1.82) is 0 Å². The lowest BCUT2D eigenvalue weighted by Crippen LogP contribution is -2.33. The Hall–Kier alpha value is -1.07. The molecule has 94 valence electrons. The number of para-hydroxylation sites is 1. The van der Waals surface area contributed by atoms with Gasteiger partial charge in [-0.2, -0.15) is 12.7 Å². The lowest BCUT2D eigenvalue weighted by atomic mass is 10.1. The number of hydrogen-bond donors (Lipinski definition) is 1. The number of benzene rings is 1. The smallest absolute Gasteiger partial charge is 0.271 e. The van der Waals surface area contributed by atoms with Crippen molar-refractivity contribution in [2.24, 2.45) is 0 Å². The molecule has 4 nitrogen and oxygen atoms in total. The summed E-state index contributed by atoms with van der Waals surface area (Å²) in [5, 5.41) is 0. The average Bonchev–Trinajstić information content (AvgIpc) is 2.83. The Bertz CT molecular complexity index is 479. The lowest BCUT2D eigenvalue weighted by molar-refractivity contribution is 0.482. The van der Waals surface area contributed by atoms with Gasteiger partial charge in [-0.15, -0.1) is 0 Å². The van der Waals surface area contributed by atoms with Crippen LogP contribution in [0.3, 0.4) is 0 Å². The van der Waals surface area contributed by atoms with Gasteiger partial charge in [0.2, 0.25) is 0 Å². The maximum Gasteiger partial charge on any atom is 0.301 e. The number of nitrogens with zero attached hydrogens (tertiary/aromatic N) is 1. The molecule has 1 saturated heterocycles. The highest BCUT2D eigenvalue weighted by molar-refractivity contribution is 7.90. The minimum Gasteiger partial charge on any atom is -0.271 e. The summed E-state index contributed by atoms with van der Waals surface area (Å²) >= 11 is 0. The number of rotatable bonds is 4. The second kappa shape index (κ2) is 5.06. The Balaban J connectivity index is 2.19. The van der Waals surface area contributed by atoms with E-state index < -0.39 is 10.2 Å².